The number of carbonyl (C=O) groups excluding carboxylic acids is 1. The fourth-order valence-electron chi connectivity index (χ4n) is 4.91. The van der Waals surface area contributed by atoms with Gasteiger partial charge in [0.15, 0.2) is 0 Å². The minimum atomic E-state index is -0.441. The van der Waals surface area contributed by atoms with Crippen LogP contribution in [0.25, 0.3) is 0 Å². The van der Waals surface area contributed by atoms with E-state index in [1.807, 2.05) is 18.2 Å². The third-order valence-electron chi connectivity index (χ3n) is 6.35. The van der Waals surface area contributed by atoms with Gasteiger partial charge in [-0.25, -0.2) is 8.78 Å². The van der Waals surface area contributed by atoms with Gasteiger partial charge in [0.1, 0.15) is 17.3 Å². The van der Waals surface area contributed by atoms with E-state index in [2.05, 4.69) is 10.2 Å². The maximum Gasteiger partial charge on any atom is 0.274 e. The molecule has 2 aromatic carbocycles. The minimum absolute atomic E-state index is 0.209. The van der Waals surface area contributed by atoms with Gasteiger partial charge in [-0.1, -0.05) is 12.1 Å². The molecule has 2 unspecified atom stereocenters. The minimum Gasteiger partial charge on any atom is -0.317 e. The van der Waals surface area contributed by atoms with Crippen molar-refractivity contribution in [2.45, 2.75) is 25.4 Å². The second kappa shape index (κ2) is 8.31. The number of halogens is 2. The number of benzene rings is 2. The van der Waals surface area contributed by atoms with E-state index in [1.54, 1.807) is 10.6 Å². The Morgan fingerprint density at radius 3 is 2.31 bits per heavy atom. The second-order valence-electron chi connectivity index (χ2n) is 8.67. The summed E-state index contributed by atoms with van der Waals surface area (Å²) in [5.41, 5.74) is 2.37. The maximum atomic E-state index is 13.2. The SMILES string of the molecule is O=C(Nc1ccc2n(c1=O)CC1CC2CN(Cc2ccc(F)cc2)C1)c1ccc(F)cc1. The summed E-state index contributed by atoms with van der Waals surface area (Å²) < 4.78 is 28.1. The van der Waals surface area contributed by atoms with E-state index in [0.717, 1.165) is 37.3 Å². The van der Waals surface area contributed by atoms with Crippen molar-refractivity contribution in [1.82, 2.24) is 9.47 Å². The highest BCUT2D eigenvalue weighted by molar-refractivity contribution is 6.04. The molecule has 2 atom stereocenters. The van der Waals surface area contributed by atoms with Gasteiger partial charge in [-0.15, -0.1) is 0 Å². The van der Waals surface area contributed by atoms with Gasteiger partial charge in [0, 0.05) is 43.4 Å². The molecule has 3 aromatic rings. The quantitative estimate of drug-likeness (QED) is 0.674. The van der Waals surface area contributed by atoms with Crippen LogP contribution in [0.5, 0.6) is 0 Å². The number of rotatable bonds is 4. The lowest BCUT2D eigenvalue weighted by Gasteiger charge is -2.43. The summed E-state index contributed by atoms with van der Waals surface area (Å²) in [7, 11) is 0. The van der Waals surface area contributed by atoms with Crippen molar-refractivity contribution in [2.75, 3.05) is 18.4 Å². The van der Waals surface area contributed by atoms with E-state index < -0.39 is 11.7 Å². The molecule has 1 saturated heterocycles. The predicted octanol–water partition coefficient (Wildman–Crippen LogP) is 4.00. The molecule has 0 radical (unpaired) electrons. The van der Waals surface area contributed by atoms with Gasteiger partial charge in [0.2, 0.25) is 0 Å². The Bertz CT molecular complexity index is 1210. The zero-order valence-corrected chi connectivity index (χ0v) is 17.4. The summed E-state index contributed by atoms with van der Waals surface area (Å²) >= 11 is 0. The molecule has 1 aromatic heterocycles. The topological polar surface area (TPSA) is 54.3 Å². The first-order valence-electron chi connectivity index (χ1n) is 10.7. The van der Waals surface area contributed by atoms with Crippen LogP contribution in [-0.4, -0.2) is 28.5 Å². The zero-order chi connectivity index (χ0) is 22.2. The molecule has 2 bridgehead atoms. The van der Waals surface area contributed by atoms with Crippen molar-refractivity contribution < 1.29 is 13.6 Å². The van der Waals surface area contributed by atoms with Crippen molar-refractivity contribution in [2.24, 2.45) is 5.92 Å². The molecule has 0 aliphatic carbocycles. The van der Waals surface area contributed by atoms with Gasteiger partial charge in [-0.05, 0) is 66.4 Å². The van der Waals surface area contributed by atoms with E-state index in [0.29, 0.717) is 18.0 Å². The van der Waals surface area contributed by atoms with E-state index in [-0.39, 0.29) is 23.0 Å². The molecule has 0 saturated carbocycles. The van der Waals surface area contributed by atoms with Crippen LogP contribution in [-0.2, 0) is 13.1 Å². The molecule has 1 amide bonds. The van der Waals surface area contributed by atoms with Crippen molar-refractivity contribution in [3.63, 3.8) is 0 Å². The number of likely N-dealkylation sites (tertiary alicyclic amines) is 1. The standard InChI is InChI=1S/C25H23F2N3O2/c26-20-5-1-16(2-6-20)12-29-13-17-11-19(15-29)23-10-9-22(25(32)30(23)14-17)28-24(31)18-3-7-21(27)8-4-18/h1-10,17,19H,11-15H2,(H,28,31). The smallest absolute Gasteiger partial charge is 0.274 e. The van der Waals surface area contributed by atoms with Gasteiger partial charge in [0.25, 0.3) is 11.5 Å². The van der Waals surface area contributed by atoms with E-state index >= 15 is 0 Å². The molecular weight excluding hydrogens is 412 g/mol. The number of carbonyl (C=O) groups is 1. The summed E-state index contributed by atoms with van der Waals surface area (Å²) in [5, 5.41) is 2.67. The van der Waals surface area contributed by atoms with Crippen LogP contribution in [0.15, 0.2) is 65.5 Å². The van der Waals surface area contributed by atoms with Crippen LogP contribution < -0.4 is 10.9 Å². The molecule has 32 heavy (non-hydrogen) atoms. The maximum absolute atomic E-state index is 13.2. The third-order valence-corrected chi connectivity index (χ3v) is 6.35. The fourth-order valence-corrected chi connectivity index (χ4v) is 4.91. The summed E-state index contributed by atoms with van der Waals surface area (Å²) in [6, 6.07) is 15.4. The zero-order valence-electron chi connectivity index (χ0n) is 17.4. The molecule has 7 heteroatoms. The molecule has 5 nitrogen and oxygen atoms in total. The van der Waals surface area contributed by atoms with Gasteiger partial charge in [0.05, 0.1) is 0 Å². The normalized spacial score (nSPS) is 19.9. The molecule has 5 rings (SSSR count). The van der Waals surface area contributed by atoms with Crippen LogP contribution in [0.1, 0.15) is 34.0 Å². The molecule has 2 aliphatic rings. The number of fused-ring (bicyclic) bond motifs is 4. The highest BCUT2D eigenvalue weighted by Crippen LogP contribution is 2.36. The van der Waals surface area contributed by atoms with Crippen molar-refractivity contribution in [3.8, 4) is 0 Å². The number of pyridine rings is 1. The predicted molar refractivity (Wildman–Crippen MR) is 118 cm³/mol. The van der Waals surface area contributed by atoms with Gasteiger partial charge < -0.3 is 9.88 Å². The highest BCUT2D eigenvalue weighted by atomic mass is 19.1. The van der Waals surface area contributed by atoms with Crippen LogP contribution in [0.3, 0.4) is 0 Å². The number of aromatic nitrogens is 1. The Morgan fingerprint density at radius 1 is 0.906 bits per heavy atom. The molecule has 1 N–H and O–H groups in total. The Kier molecular flexibility index (Phi) is 5.35. The first-order valence-corrected chi connectivity index (χ1v) is 10.7. The second-order valence-corrected chi connectivity index (χ2v) is 8.67. The Hall–Kier alpha value is -3.32. The monoisotopic (exact) mass is 435 g/mol. The number of hydrogen-bond donors (Lipinski definition) is 1. The number of nitrogens with one attached hydrogen (secondary N) is 1. The number of amides is 1. The van der Waals surface area contributed by atoms with E-state index in [9.17, 15) is 18.4 Å². The number of hydrogen-bond acceptors (Lipinski definition) is 3. The first kappa shape index (κ1) is 20.6. The molecule has 0 spiro atoms. The Balaban J connectivity index is 1.34. The van der Waals surface area contributed by atoms with Crippen LogP contribution >= 0.6 is 0 Å². The average molecular weight is 435 g/mol. The lowest BCUT2D eigenvalue weighted by Crippen LogP contribution is -2.47. The van der Waals surface area contributed by atoms with Gasteiger partial charge >= 0.3 is 0 Å². The van der Waals surface area contributed by atoms with Crippen LogP contribution in [0, 0.1) is 17.6 Å². The summed E-state index contributed by atoms with van der Waals surface area (Å²) in [5.74, 6) is -0.528. The molecule has 1 fully saturated rings. The summed E-state index contributed by atoms with van der Waals surface area (Å²) in [6.07, 6.45) is 1.03. The molecule has 3 heterocycles. The van der Waals surface area contributed by atoms with E-state index in [1.165, 1.54) is 36.4 Å². The van der Waals surface area contributed by atoms with Crippen molar-refractivity contribution in [3.05, 3.63) is 99.5 Å². The van der Waals surface area contributed by atoms with Crippen molar-refractivity contribution >= 4 is 11.6 Å². The van der Waals surface area contributed by atoms with Crippen LogP contribution in [0.2, 0.25) is 0 Å². The molecular formula is C25H23F2N3O2. The van der Waals surface area contributed by atoms with Crippen LogP contribution in [0.4, 0.5) is 14.5 Å². The lowest BCUT2D eigenvalue weighted by atomic mass is 9.83. The number of nitrogens with zero attached hydrogens (tertiary/aromatic N) is 2. The number of piperidine rings is 1. The molecule has 164 valence electrons. The fraction of sp³-hybridized carbons (Fsp3) is 0.280. The third kappa shape index (κ3) is 4.08. The lowest BCUT2D eigenvalue weighted by molar-refractivity contribution is 0.102. The van der Waals surface area contributed by atoms with Gasteiger partial charge in [-0.2, -0.15) is 0 Å². The van der Waals surface area contributed by atoms with Gasteiger partial charge in [-0.3, -0.25) is 14.5 Å². The summed E-state index contributed by atoms with van der Waals surface area (Å²) in [4.78, 5) is 27.9. The first-order chi connectivity index (χ1) is 15.5. The number of anilines is 1. The Morgan fingerprint density at radius 2 is 1.59 bits per heavy atom. The van der Waals surface area contributed by atoms with E-state index in [4.69, 9.17) is 0 Å². The highest BCUT2D eigenvalue weighted by Gasteiger charge is 2.35. The van der Waals surface area contributed by atoms with Crippen molar-refractivity contribution in [1.29, 1.82) is 0 Å². The molecule has 2 aliphatic heterocycles. The Labute approximate surface area is 184 Å². The largest absolute Gasteiger partial charge is 0.317 e. The average Bonchev–Trinajstić information content (AvgIpc) is 2.78. The summed E-state index contributed by atoms with van der Waals surface area (Å²) in [6.45, 7) is 3.05.